The number of fused-ring (bicyclic) bond motifs is 3. The minimum absolute atomic E-state index is 0.0741. The molecule has 0 saturated carbocycles. The zero-order valence-electron chi connectivity index (χ0n) is 15.7. The Morgan fingerprint density at radius 3 is 2.56 bits per heavy atom. The number of carbonyl (C=O) groups excluding carboxylic acids is 1. The molecule has 0 bridgehead atoms. The van der Waals surface area contributed by atoms with Crippen molar-refractivity contribution >= 4 is 33.7 Å². The van der Waals surface area contributed by atoms with Gasteiger partial charge in [0.15, 0.2) is 5.96 Å². The number of hydrogen-bond donors (Lipinski definition) is 2. The molecule has 3 aromatic rings. The first-order chi connectivity index (χ1) is 13.1. The van der Waals surface area contributed by atoms with Crippen LogP contribution in [0.2, 0.25) is 0 Å². The van der Waals surface area contributed by atoms with Crippen molar-refractivity contribution in [1.82, 2.24) is 14.8 Å². The van der Waals surface area contributed by atoms with Crippen molar-refractivity contribution in [3.05, 3.63) is 48.0 Å². The number of guanidine groups is 1. The molecular formula is C21H24N4O2. The molecule has 6 heteroatoms. The lowest BCUT2D eigenvalue weighted by molar-refractivity contribution is 0.0717. The maximum Gasteiger partial charge on any atom is 0.258 e. The van der Waals surface area contributed by atoms with Crippen LogP contribution in [0, 0.1) is 5.41 Å². The van der Waals surface area contributed by atoms with E-state index in [9.17, 15) is 4.79 Å². The average Bonchev–Trinajstić information content (AvgIpc) is 3.02. The summed E-state index contributed by atoms with van der Waals surface area (Å²) in [4.78, 5) is 14.2. The standard InChI is InChI=1S/C21H24N4O2/c1-24(2)21(22)23-20(26)14-7-8-17-16-5-3-4-6-18(16)25(19(17)13-14)15-9-11-27-12-10-15/h3-8,13,15H,9-12H2,1-2H3,(H2,22,23,26). The molecular weight excluding hydrogens is 340 g/mol. The predicted molar refractivity (Wildman–Crippen MR) is 107 cm³/mol. The van der Waals surface area contributed by atoms with Crippen molar-refractivity contribution in [3.63, 3.8) is 0 Å². The number of aromatic nitrogens is 1. The van der Waals surface area contributed by atoms with Crippen LogP contribution >= 0.6 is 0 Å². The zero-order valence-corrected chi connectivity index (χ0v) is 15.7. The fourth-order valence-corrected chi connectivity index (χ4v) is 3.77. The van der Waals surface area contributed by atoms with Crippen LogP contribution in [0.25, 0.3) is 21.8 Å². The van der Waals surface area contributed by atoms with E-state index in [1.54, 1.807) is 19.0 Å². The highest BCUT2D eigenvalue weighted by Crippen LogP contribution is 2.35. The van der Waals surface area contributed by atoms with Crippen molar-refractivity contribution in [2.75, 3.05) is 27.3 Å². The molecule has 2 aromatic carbocycles. The number of rotatable bonds is 2. The van der Waals surface area contributed by atoms with Gasteiger partial charge in [-0.05, 0) is 31.0 Å². The lowest BCUT2D eigenvalue weighted by Crippen LogP contribution is -2.39. The Morgan fingerprint density at radius 2 is 1.81 bits per heavy atom. The fraction of sp³-hybridized carbons (Fsp3) is 0.333. The molecule has 1 saturated heterocycles. The summed E-state index contributed by atoms with van der Waals surface area (Å²) >= 11 is 0. The summed E-state index contributed by atoms with van der Waals surface area (Å²) in [6, 6.07) is 14.5. The van der Waals surface area contributed by atoms with Crippen molar-refractivity contribution < 1.29 is 9.53 Å². The number of ether oxygens (including phenoxy) is 1. The molecule has 0 unspecified atom stereocenters. The van der Waals surface area contributed by atoms with Crippen molar-refractivity contribution in [2.24, 2.45) is 0 Å². The number of nitrogens with zero attached hydrogens (tertiary/aromatic N) is 2. The first-order valence-corrected chi connectivity index (χ1v) is 9.24. The van der Waals surface area contributed by atoms with E-state index < -0.39 is 0 Å². The van der Waals surface area contributed by atoms with Gasteiger partial charge in [-0.3, -0.25) is 15.5 Å². The number of nitrogens with one attached hydrogen (secondary N) is 2. The minimum Gasteiger partial charge on any atom is -0.381 e. The van der Waals surface area contributed by atoms with Crippen LogP contribution in [-0.4, -0.2) is 48.6 Å². The molecule has 4 rings (SSSR count). The summed E-state index contributed by atoms with van der Waals surface area (Å²) in [5.41, 5.74) is 2.82. The number of benzene rings is 2. The number of carbonyl (C=O) groups is 1. The molecule has 140 valence electrons. The van der Waals surface area contributed by atoms with Gasteiger partial charge in [-0.2, -0.15) is 0 Å². The molecule has 1 aromatic heterocycles. The normalized spacial score (nSPS) is 15.2. The third-order valence-electron chi connectivity index (χ3n) is 5.21. The van der Waals surface area contributed by atoms with E-state index in [0.717, 1.165) is 37.0 Å². The zero-order chi connectivity index (χ0) is 19.0. The average molecular weight is 364 g/mol. The summed E-state index contributed by atoms with van der Waals surface area (Å²) in [7, 11) is 3.46. The van der Waals surface area contributed by atoms with Gasteiger partial charge in [0.25, 0.3) is 5.91 Å². The van der Waals surface area contributed by atoms with Gasteiger partial charge in [-0.25, -0.2) is 0 Å². The van der Waals surface area contributed by atoms with Gasteiger partial charge in [0.2, 0.25) is 0 Å². The highest BCUT2D eigenvalue weighted by Gasteiger charge is 2.21. The molecule has 0 aliphatic carbocycles. The van der Waals surface area contributed by atoms with E-state index in [4.69, 9.17) is 10.1 Å². The molecule has 1 aliphatic rings. The van der Waals surface area contributed by atoms with Crippen LogP contribution in [0.3, 0.4) is 0 Å². The van der Waals surface area contributed by atoms with Crippen molar-refractivity contribution in [1.29, 1.82) is 5.41 Å². The van der Waals surface area contributed by atoms with Gasteiger partial charge in [0, 0.05) is 55.2 Å². The second-order valence-electron chi connectivity index (χ2n) is 7.16. The number of para-hydroxylation sites is 1. The minimum atomic E-state index is -0.264. The van der Waals surface area contributed by atoms with Crippen molar-refractivity contribution in [2.45, 2.75) is 18.9 Å². The third-order valence-corrected chi connectivity index (χ3v) is 5.21. The Bertz CT molecular complexity index is 1020. The van der Waals surface area contributed by atoms with Gasteiger partial charge in [0.05, 0.1) is 5.52 Å². The molecule has 0 atom stereocenters. The van der Waals surface area contributed by atoms with Crippen LogP contribution in [0.4, 0.5) is 0 Å². The van der Waals surface area contributed by atoms with Gasteiger partial charge in [0.1, 0.15) is 0 Å². The van der Waals surface area contributed by atoms with E-state index in [1.807, 2.05) is 18.2 Å². The molecule has 1 aliphatic heterocycles. The maximum absolute atomic E-state index is 12.6. The molecule has 0 radical (unpaired) electrons. The van der Waals surface area contributed by atoms with E-state index >= 15 is 0 Å². The Hall–Kier alpha value is -2.86. The molecule has 6 nitrogen and oxygen atoms in total. The summed E-state index contributed by atoms with van der Waals surface area (Å²) < 4.78 is 7.91. The predicted octanol–water partition coefficient (Wildman–Crippen LogP) is 3.37. The lowest BCUT2D eigenvalue weighted by Gasteiger charge is -2.25. The summed E-state index contributed by atoms with van der Waals surface area (Å²) in [5.74, 6) is -0.190. The molecule has 2 N–H and O–H groups in total. The van der Waals surface area contributed by atoms with Crippen LogP contribution < -0.4 is 5.32 Å². The van der Waals surface area contributed by atoms with E-state index in [0.29, 0.717) is 11.6 Å². The summed E-state index contributed by atoms with van der Waals surface area (Å²) in [6.45, 7) is 1.53. The van der Waals surface area contributed by atoms with Gasteiger partial charge in [-0.1, -0.05) is 24.3 Å². The smallest absolute Gasteiger partial charge is 0.258 e. The Labute approximate surface area is 158 Å². The van der Waals surface area contributed by atoms with E-state index in [2.05, 4.69) is 34.1 Å². The largest absolute Gasteiger partial charge is 0.381 e. The molecule has 1 amide bonds. The van der Waals surface area contributed by atoms with Crippen LogP contribution in [-0.2, 0) is 4.74 Å². The Kier molecular flexibility index (Phi) is 4.58. The lowest BCUT2D eigenvalue weighted by atomic mass is 10.1. The van der Waals surface area contributed by atoms with Crippen LogP contribution in [0.5, 0.6) is 0 Å². The van der Waals surface area contributed by atoms with Crippen LogP contribution in [0.1, 0.15) is 29.2 Å². The SMILES string of the molecule is CN(C)C(=N)NC(=O)c1ccc2c3ccccc3n(C3CCOCC3)c2c1. The van der Waals surface area contributed by atoms with Crippen LogP contribution in [0.15, 0.2) is 42.5 Å². The molecule has 0 spiro atoms. The van der Waals surface area contributed by atoms with Gasteiger partial charge in [-0.15, -0.1) is 0 Å². The first-order valence-electron chi connectivity index (χ1n) is 9.24. The second-order valence-corrected chi connectivity index (χ2v) is 7.16. The number of hydrogen-bond acceptors (Lipinski definition) is 3. The van der Waals surface area contributed by atoms with Gasteiger partial charge >= 0.3 is 0 Å². The fourth-order valence-electron chi connectivity index (χ4n) is 3.77. The van der Waals surface area contributed by atoms with Gasteiger partial charge < -0.3 is 14.2 Å². The second kappa shape index (κ2) is 7.04. The highest BCUT2D eigenvalue weighted by molar-refractivity contribution is 6.12. The summed E-state index contributed by atoms with van der Waals surface area (Å²) in [6.07, 6.45) is 1.94. The maximum atomic E-state index is 12.6. The molecule has 1 fully saturated rings. The molecule has 2 heterocycles. The molecule has 27 heavy (non-hydrogen) atoms. The van der Waals surface area contributed by atoms with Crippen molar-refractivity contribution in [3.8, 4) is 0 Å². The Morgan fingerprint density at radius 1 is 1.11 bits per heavy atom. The first kappa shape index (κ1) is 17.5. The van der Waals surface area contributed by atoms with E-state index in [1.165, 1.54) is 10.9 Å². The third kappa shape index (κ3) is 3.17. The Balaban J connectivity index is 1.83. The summed E-state index contributed by atoms with van der Waals surface area (Å²) in [5, 5.41) is 12.8. The highest BCUT2D eigenvalue weighted by atomic mass is 16.5. The quantitative estimate of drug-likeness (QED) is 0.541. The van der Waals surface area contributed by atoms with E-state index in [-0.39, 0.29) is 11.9 Å². The monoisotopic (exact) mass is 364 g/mol. The number of amides is 1. The topological polar surface area (TPSA) is 70.4 Å².